The molecule has 20 heavy (non-hydrogen) atoms. The Kier molecular flexibility index (Phi) is 5.56. The third kappa shape index (κ3) is 3.50. The Morgan fingerprint density at radius 3 is 2.25 bits per heavy atom. The number of sulfone groups is 1. The highest BCUT2D eigenvalue weighted by Gasteiger charge is 2.37. The van der Waals surface area contributed by atoms with Crippen LogP contribution in [0.25, 0.3) is 0 Å². The zero-order chi connectivity index (χ0) is 15.5. The van der Waals surface area contributed by atoms with E-state index >= 15 is 0 Å². The number of rotatable bonds is 5. The van der Waals surface area contributed by atoms with Crippen LogP contribution in [-0.2, 0) is 19.4 Å². The maximum absolute atomic E-state index is 12.1. The lowest BCUT2D eigenvalue weighted by atomic mass is 10.0. The van der Waals surface area contributed by atoms with Crippen LogP contribution in [0.4, 0.5) is 0 Å². The molecular weight excluding hydrogens is 280 g/mol. The minimum absolute atomic E-state index is 0.104. The van der Waals surface area contributed by atoms with Crippen molar-refractivity contribution in [2.75, 3.05) is 7.05 Å². The lowest BCUT2D eigenvalue weighted by Crippen LogP contribution is -2.48. The van der Waals surface area contributed by atoms with E-state index in [-0.39, 0.29) is 17.9 Å². The highest BCUT2D eigenvalue weighted by Crippen LogP contribution is 2.26. The largest absolute Gasteiger partial charge is 0.359 e. The van der Waals surface area contributed by atoms with E-state index < -0.39 is 26.2 Å². The molecule has 2 amide bonds. The van der Waals surface area contributed by atoms with E-state index in [0.29, 0.717) is 6.42 Å². The fraction of sp³-hybridized carbons (Fsp3) is 0.846. The lowest BCUT2D eigenvalue weighted by Gasteiger charge is -2.22. The van der Waals surface area contributed by atoms with Gasteiger partial charge >= 0.3 is 0 Å². The van der Waals surface area contributed by atoms with Gasteiger partial charge in [-0.2, -0.15) is 0 Å². The van der Waals surface area contributed by atoms with Crippen LogP contribution in [0.3, 0.4) is 0 Å². The van der Waals surface area contributed by atoms with Crippen molar-refractivity contribution in [1.82, 2.24) is 10.6 Å². The zero-order valence-electron chi connectivity index (χ0n) is 12.5. The second-order valence-corrected chi connectivity index (χ2v) is 8.37. The number of carbonyl (C=O) groups excluding carboxylic acids is 2. The Balaban J connectivity index is 2.73. The summed E-state index contributed by atoms with van der Waals surface area (Å²) < 4.78 is 24.0. The molecule has 3 atom stereocenters. The van der Waals surface area contributed by atoms with E-state index in [1.54, 1.807) is 20.9 Å². The number of carbonyl (C=O) groups is 2. The quantitative estimate of drug-likeness (QED) is 0.760. The molecule has 0 radical (unpaired) electrons. The van der Waals surface area contributed by atoms with Crippen LogP contribution >= 0.6 is 0 Å². The van der Waals surface area contributed by atoms with Crippen molar-refractivity contribution in [1.29, 1.82) is 0 Å². The molecule has 1 rings (SSSR count). The van der Waals surface area contributed by atoms with E-state index in [4.69, 9.17) is 0 Å². The van der Waals surface area contributed by atoms with Crippen LogP contribution in [0, 0.1) is 5.92 Å². The minimum Gasteiger partial charge on any atom is -0.359 e. The molecule has 1 aliphatic carbocycles. The SMILES string of the molecule is CNC(=O)[C@@H]1CCC[C@H]1NC(=O)[C@@H](C)S(=O)(=O)C(C)C. The smallest absolute Gasteiger partial charge is 0.238 e. The van der Waals surface area contributed by atoms with Gasteiger partial charge < -0.3 is 10.6 Å². The molecule has 0 aromatic carbocycles. The molecule has 0 aromatic heterocycles. The van der Waals surface area contributed by atoms with Gasteiger partial charge in [-0.15, -0.1) is 0 Å². The van der Waals surface area contributed by atoms with Gasteiger partial charge in [-0.05, 0) is 33.6 Å². The van der Waals surface area contributed by atoms with Crippen LogP contribution in [0.15, 0.2) is 0 Å². The molecule has 2 N–H and O–H groups in total. The van der Waals surface area contributed by atoms with E-state index in [1.165, 1.54) is 6.92 Å². The van der Waals surface area contributed by atoms with Gasteiger partial charge in [-0.3, -0.25) is 9.59 Å². The summed E-state index contributed by atoms with van der Waals surface area (Å²) in [5.74, 6) is -0.885. The van der Waals surface area contributed by atoms with Crippen LogP contribution in [0.1, 0.15) is 40.0 Å². The van der Waals surface area contributed by atoms with Gasteiger partial charge in [0.1, 0.15) is 5.25 Å². The number of hydrogen-bond acceptors (Lipinski definition) is 4. The lowest BCUT2D eigenvalue weighted by molar-refractivity contribution is -0.126. The summed E-state index contributed by atoms with van der Waals surface area (Å²) in [6.45, 7) is 4.51. The van der Waals surface area contributed by atoms with E-state index in [9.17, 15) is 18.0 Å². The van der Waals surface area contributed by atoms with Crippen molar-refractivity contribution in [2.45, 2.75) is 56.6 Å². The van der Waals surface area contributed by atoms with Crippen molar-refractivity contribution in [3.05, 3.63) is 0 Å². The summed E-state index contributed by atoms with van der Waals surface area (Å²) in [4.78, 5) is 23.8. The molecular formula is C13H24N2O4S. The molecule has 7 heteroatoms. The molecule has 1 fully saturated rings. The highest BCUT2D eigenvalue weighted by molar-refractivity contribution is 7.93. The van der Waals surface area contributed by atoms with Crippen molar-refractivity contribution < 1.29 is 18.0 Å². The normalized spacial score (nSPS) is 24.4. The van der Waals surface area contributed by atoms with E-state index in [1.807, 2.05) is 0 Å². The monoisotopic (exact) mass is 304 g/mol. The summed E-state index contributed by atoms with van der Waals surface area (Å²) in [6, 6.07) is -0.271. The van der Waals surface area contributed by atoms with Crippen LogP contribution in [-0.4, -0.2) is 43.8 Å². The predicted octanol–water partition coefficient (Wildman–Crippen LogP) is 0.229. The summed E-state index contributed by atoms with van der Waals surface area (Å²) in [5.41, 5.74) is 0. The standard InChI is InChI=1S/C13H24N2O4S/c1-8(2)20(18,19)9(3)12(16)15-11-7-5-6-10(11)13(17)14-4/h8-11H,5-7H2,1-4H3,(H,14,17)(H,15,16)/t9-,10-,11-/m1/s1. The van der Waals surface area contributed by atoms with Crippen LogP contribution in [0.2, 0.25) is 0 Å². The van der Waals surface area contributed by atoms with Gasteiger partial charge in [0.2, 0.25) is 11.8 Å². The molecule has 0 spiro atoms. The molecule has 6 nitrogen and oxygen atoms in total. The van der Waals surface area contributed by atoms with Gasteiger partial charge in [0, 0.05) is 13.1 Å². The first kappa shape index (κ1) is 16.9. The topological polar surface area (TPSA) is 92.3 Å². The van der Waals surface area contributed by atoms with Crippen molar-refractivity contribution >= 4 is 21.7 Å². The predicted molar refractivity (Wildman–Crippen MR) is 76.9 cm³/mol. The average Bonchev–Trinajstić information content (AvgIpc) is 2.84. The number of hydrogen-bond donors (Lipinski definition) is 2. The van der Waals surface area contributed by atoms with Crippen molar-refractivity contribution in [2.24, 2.45) is 5.92 Å². The first-order valence-corrected chi connectivity index (χ1v) is 8.57. The Morgan fingerprint density at radius 2 is 1.75 bits per heavy atom. The maximum atomic E-state index is 12.1. The third-order valence-corrected chi connectivity index (χ3v) is 6.46. The molecule has 0 saturated heterocycles. The van der Waals surface area contributed by atoms with Crippen LogP contribution < -0.4 is 10.6 Å². The highest BCUT2D eigenvalue weighted by atomic mass is 32.2. The molecule has 0 aromatic rings. The zero-order valence-corrected chi connectivity index (χ0v) is 13.3. The molecule has 0 unspecified atom stereocenters. The van der Waals surface area contributed by atoms with E-state index in [2.05, 4.69) is 10.6 Å². The van der Waals surface area contributed by atoms with Crippen molar-refractivity contribution in [3.63, 3.8) is 0 Å². The second kappa shape index (κ2) is 6.56. The van der Waals surface area contributed by atoms with Gasteiger partial charge in [0.25, 0.3) is 0 Å². The van der Waals surface area contributed by atoms with Gasteiger partial charge in [0.15, 0.2) is 9.84 Å². The van der Waals surface area contributed by atoms with E-state index in [0.717, 1.165) is 12.8 Å². The fourth-order valence-electron chi connectivity index (χ4n) is 2.49. The summed E-state index contributed by atoms with van der Waals surface area (Å²) in [7, 11) is -1.91. The average molecular weight is 304 g/mol. The molecule has 0 heterocycles. The van der Waals surface area contributed by atoms with Gasteiger partial charge in [-0.1, -0.05) is 6.42 Å². The molecule has 1 aliphatic rings. The Morgan fingerprint density at radius 1 is 1.15 bits per heavy atom. The molecule has 116 valence electrons. The number of amides is 2. The molecule has 1 saturated carbocycles. The first-order valence-electron chi connectivity index (χ1n) is 6.96. The summed E-state index contributed by atoms with van der Waals surface area (Å²) >= 11 is 0. The van der Waals surface area contributed by atoms with Gasteiger partial charge in [0.05, 0.1) is 11.2 Å². The first-order chi connectivity index (χ1) is 9.21. The Bertz CT molecular complexity index is 473. The Labute approximate surface area is 120 Å². The maximum Gasteiger partial charge on any atom is 0.238 e. The molecule has 0 aliphatic heterocycles. The Hall–Kier alpha value is -1.11. The van der Waals surface area contributed by atoms with Crippen LogP contribution in [0.5, 0.6) is 0 Å². The molecule has 0 bridgehead atoms. The van der Waals surface area contributed by atoms with Crippen molar-refractivity contribution in [3.8, 4) is 0 Å². The summed E-state index contributed by atoms with van der Waals surface area (Å²) in [6.07, 6.45) is 2.28. The number of nitrogens with one attached hydrogen (secondary N) is 2. The summed E-state index contributed by atoms with van der Waals surface area (Å²) in [5, 5.41) is 3.62. The third-order valence-electron chi connectivity index (χ3n) is 3.95. The fourth-order valence-corrected chi connectivity index (χ4v) is 3.67. The van der Waals surface area contributed by atoms with Gasteiger partial charge in [-0.25, -0.2) is 8.42 Å². The second-order valence-electron chi connectivity index (χ2n) is 5.55. The minimum atomic E-state index is -3.47.